The van der Waals surface area contributed by atoms with Crippen LogP contribution in [0.1, 0.15) is 113 Å². The van der Waals surface area contributed by atoms with E-state index in [1.165, 1.54) is 14.0 Å². The molecule has 21 heteroatoms. The number of likely N-dealkylation sites (N-methyl/N-ethyl adjacent to an activating group) is 2. The number of rotatable bonds is 16. The number of aliphatic hydroxyl groups is 5. The van der Waals surface area contributed by atoms with Crippen molar-refractivity contribution in [2.45, 2.75) is 204 Å². The molecular formula is C54H90FN7O13. The Morgan fingerprint density at radius 2 is 1.68 bits per heavy atom. The zero-order valence-corrected chi connectivity index (χ0v) is 46.7. The molecule has 3 saturated heterocycles. The third kappa shape index (κ3) is 13.9. The van der Waals surface area contributed by atoms with Crippen molar-refractivity contribution in [1.82, 2.24) is 35.3 Å². The molecule has 7 N–H and O–H groups in total. The molecule has 0 saturated carbocycles. The van der Waals surface area contributed by atoms with Gasteiger partial charge in [0.1, 0.15) is 48.8 Å². The fourth-order valence-electron chi connectivity index (χ4n) is 11.9. The van der Waals surface area contributed by atoms with Crippen LogP contribution in [0.2, 0.25) is 0 Å². The van der Waals surface area contributed by atoms with Crippen molar-refractivity contribution < 1.29 is 67.9 Å². The molecule has 0 spiro atoms. The van der Waals surface area contributed by atoms with Crippen LogP contribution < -0.4 is 11.0 Å². The third-order valence-electron chi connectivity index (χ3n) is 16.6. The van der Waals surface area contributed by atoms with Gasteiger partial charge in [-0.05, 0) is 105 Å². The van der Waals surface area contributed by atoms with Gasteiger partial charge in [-0.15, -0.1) is 5.53 Å². The molecule has 1 aromatic carbocycles. The van der Waals surface area contributed by atoms with Gasteiger partial charge >= 0.3 is 5.97 Å². The Kier molecular flexibility index (Phi) is 20.8. The second-order valence-corrected chi connectivity index (χ2v) is 22.7. The van der Waals surface area contributed by atoms with Gasteiger partial charge in [0.05, 0.1) is 47.9 Å². The number of benzene rings is 1. The maximum absolute atomic E-state index is 14.9. The molecule has 426 valence electrons. The molecule has 20 atom stereocenters. The zero-order valence-electron chi connectivity index (χ0n) is 46.7. The van der Waals surface area contributed by atoms with Crippen LogP contribution in [0.5, 0.6) is 0 Å². The number of halogens is 1. The normalized spacial score (nSPS) is 39.8. The molecule has 0 radical (unpaired) electrons. The Labute approximate surface area is 443 Å². The first kappa shape index (κ1) is 60.8. The Morgan fingerprint density at radius 3 is 2.29 bits per heavy atom. The topological polar surface area (TPSA) is 234 Å². The molecule has 4 aliphatic heterocycles. The fraction of sp³-hybridized carbons (Fsp3) is 0.778. The highest BCUT2D eigenvalue weighted by Gasteiger charge is 2.53. The summed E-state index contributed by atoms with van der Waals surface area (Å²) in [5.41, 5.74) is 4.21. The van der Waals surface area contributed by atoms with E-state index in [1.807, 2.05) is 79.0 Å². The van der Waals surface area contributed by atoms with Crippen LogP contribution in [0.15, 0.2) is 54.9 Å². The number of aliphatic hydroxyl groups excluding tert-OH is 3. The lowest BCUT2D eigenvalue weighted by molar-refractivity contribution is -0.318. The molecule has 6 rings (SSSR count). The predicted octanol–water partition coefficient (Wildman–Crippen LogP) is 3.74. The minimum absolute atomic E-state index is 0.0880. The number of hydrogen-bond acceptors (Lipinski definition) is 19. The van der Waals surface area contributed by atoms with E-state index in [4.69, 9.17) is 33.2 Å². The zero-order chi connectivity index (χ0) is 55.3. The summed E-state index contributed by atoms with van der Waals surface area (Å²) in [5, 5.41) is 61.6. The molecule has 20 nitrogen and oxygen atoms in total. The van der Waals surface area contributed by atoms with Gasteiger partial charge in [0.2, 0.25) is 0 Å². The SMILES string of the molecule is CC[C@H]1OC(=O)[C@H](C)[C@@H](O[C@H]2C[C@@](C)(OC)[C@@H](O)[C@H](C)O2)[C@H](C)[C@@H](O[C@@H]2O[C@H](C)C[C@H](N(C)CCC3=CN([C@H](CF)[C@H](OC)c4ccc(-n5ccnc5)cc4)NN3)[C@H]2O)[C@](C)(O)C[C@@H](C)CN(C)[C@H](C)[C@@H](O)[C@]1(C)O. The number of hydrazine groups is 2. The summed E-state index contributed by atoms with van der Waals surface area (Å²) in [6.07, 6.45) is -2.37. The lowest BCUT2D eigenvalue weighted by Crippen LogP contribution is -2.61. The second kappa shape index (κ2) is 25.6. The molecule has 0 unspecified atom stereocenters. The monoisotopic (exact) mass is 1060 g/mol. The van der Waals surface area contributed by atoms with Crippen LogP contribution in [-0.2, 0) is 38.0 Å². The summed E-state index contributed by atoms with van der Waals surface area (Å²) in [6.45, 7) is 17.7. The van der Waals surface area contributed by atoms with Crippen LogP contribution >= 0.6 is 0 Å². The van der Waals surface area contributed by atoms with Gasteiger partial charge in [-0.25, -0.2) is 9.37 Å². The highest BCUT2D eigenvalue weighted by molar-refractivity contribution is 5.73. The van der Waals surface area contributed by atoms with Gasteiger partial charge in [-0.1, -0.05) is 32.9 Å². The maximum atomic E-state index is 14.9. The van der Waals surface area contributed by atoms with Crippen LogP contribution in [-0.4, -0.2) is 200 Å². The summed E-state index contributed by atoms with van der Waals surface area (Å²) >= 11 is 0. The second-order valence-electron chi connectivity index (χ2n) is 22.7. The average molecular weight is 1060 g/mol. The number of esters is 1. The van der Waals surface area contributed by atoms with E-state index in [2.05, 4.69) is 15.9 Å². The Hall–Kier alpha value is -3.39. The number of nitrogens with zero attached hydrogens (tertiary/aromatic N) is 5. The van der Waals surface area contributed by atoms with Crippen molar-refractivity contribution in [3.8, 4) is 5.69 Å². The summed E-state index contributed by atoms with van der Waals surface area (Å²) in [5.74, 6) is -2.85. The van der Waals surface area contributed by atoms with Gasteiger partial charge in [0.25, 0.3) is 0 Å². The van der Waals surface area contributed by atoms with Crippen molar-refractivity contribution in [2.24, 2.45) is 17.8 Å². The van der Waals surface area contributed by atoms with Crippen molar-refractivity contribution in [3.63, 3.8) is 0 Å². The molecule has 5 heterocycles. The molecule has 4 aliphatic rings. The minimum Gasteiger partial charge on any atom is -0.459 e. The summed E-state index contributed by atoms with van der Waals surface area (Å²) < 4.78 is 61.0. The largest absolute Gasteiger partial charge is 0.459 e. The molecule has 0 aliphatic carbocycles. The Balaban J connectivity index is 1.25. The molecule has 1 aromatic heterocycles. The number of alkyl halides is 1. The number of aromatic nitrogens is 2. The quantitative estimate of drug-likeness (QED) is 0.119. The number of carbonyl (C=O) groups is 1. The number of cyclic esters (lactones) is 1. The van der Waals surface area contributed by atoms with Gasteiger partial charge in [-0.3, -0.25) is 9.80 Å². The number of hydrogen-bond donors (Lipinski definition) is 7. The van der Waals surface area contributed by atoms with Crippen LogP contribution in [0.3, 0.4) is 0 Å². The van der Waals surface area contributed by atoms with Crippen LogP contribution in [0, 0.1) is 17.8 Å². The number of nitrogens with one attached hydrogen (secondary N) is 2. The smallest absolute Gasteiger partial charge is 0.311 e. The van der Waals surface area contributed by atoms with Crippen molar-refractivity contribution in [1.29, 1.82) is 0 Å². The van der Waals surface area contributed by atoms with Gasteiger partial charge in [0, 0.05) is 88.1 Å². The number of carbonyl (C=O) groups excluding carboxylic acids is 1. The van der Waals surface area contributed by atoms with Crippen LogP contribution in [0.4, 0.5) is 4.39 Å². The standard InChI is InChI=1S/C54H90FN7O13/c1-15-42-54(10,68)47(64)35(6)60(12)28-31(2)25-52(8,67)49(33(4)45(34(5)50(66)73-42)74-43-26-53(9,70-14)48(65)36(7)72-43)75-51-44(63)40(24-32(3)71-51)59(11)22-20-38-29-62(58-57-38)41(27-55)46(69-13)37-16-18-39(19-17-37)61-23-21-56-30-61/h16-19,21,23,29-36,40-49,51,57-58,63-65,67-68H,15,20,22,24-28H2,1-14H3/t31-,32-,33+,34-,35-,36+,40+,41-,42-,43+,44-,45+,46-,47-,48+,49-,51+,52-,53-,54-/m1/s1. The molecule has 0 bridgehead atoms. The molecular weight excluding hydrogens is 974 g/mol. The summed E-state index contributed by atoms with van der Waals surface area (Å²) in [6, 6.07) is 5.94. The van der Waals surface area contributed by atoms with E-state index in [0.29, 0.717) is 25.9 Å². The molecule has 75 heavy (non-hydrogen) atoms. The predicted molar refractivity (Wildman–Crippen MR) is 277 cm³/mol. The van der Waals surface area contributed by atoms with E-state index in [-0.39, 0.29) is 25.2 Å². The fourth-order valence-corrected chi connectivity index (χ4v) is 11.9. The van der Waals surface area contributed by atoms with E-state index < -0.39 is 127 Å². The number of ether oxygens (including phenoxy) is 7. The van der Waals surface area contributed by atoms with Crippen molar-refractivity contribution >= 4 is 5.97 Å². The number of imidazole rings is 1. The molecule has 2 aromatic rings. The summed E-state index contributed by atoms with van der Waals surface area (Å²) in [7, 11) is 6.80. The van der Waals surface area contributed by atoms with E-state index in [1.54, 1.807) is 73.1 Å². The minimum atomic E-state index is -1.85. The first-order chi connectivity index (χ1) is 35.3. The lowest BCUT2D eigenvalue weighted by atomic mass is 9.77. The Morgan fingerprint density at radius 1 is 0.987 bits per heavy atom. The highest BCUT2D eigenvalue weighted by Crippen LogP contribution is 2.41. The molecule has 0 amide bonds. The lowest BCUT2D eigenvalue weighted by Gasteiger charge is -2.49. The maximum Gasteiger partial charge on any atom is 0.311 e. The summed E-state index contributed by atoms with van der Waals surface area (Å²) in [4.78, 5) is 22.6. The molecule has 3 fully saturated rings. The van der Waals surface area contributed by atoms with E-state index >= 15 is 0 Å². The van der Waals surface area contributed by atoms with Gasteiger partial charge < -0.3 is 78.5 Å². The van der Waals surface area contributed by atoms with E-state index in [0.717, 1.165) is 16.9 Å². The van der Waals surface area contributed by atoms with Crippen molar-refractivity contribution in [2.75, 3.05) is 48.1 Å². The van der Waals surface area contributed by atoms with Crippen LogP contribution in [0.25, 0.3) is 5.69 Å². The van der Waals surface area contributed by atoms with Crippen molar-refractivity contribution in [3.05, 3.63) is 60.4 Å². The average Bonchev–Trinajstić information content (AvgIpc) is 4.09. The highest BCUT2D eigenvalue weighted by atomic mass is 19.1. The number of methoxy groups -OCH3 is 2. The third-order valence-corrected chi connectivity index (χ3v) is 16.6. The van der Waals surface area contributed by atoms with Gasteiger partial charge in [0.15, 0.2) is 12.6 Å². The van der Waals surface area contributed by atoms with Gasteiger partial charge in [-0.2, -0.15) is 0 Å². The Bertz CT molecular complexity index is 2130. The van der Waals surface area contributed by atoms with E-state index in [9.17, 15) is 34.7 Å². The first-order valence-electron chi connectivity index (χ1n) is 26.7. The first-order valence-corrected chi connectivity index (χ1v) is 26.7.